The van der Waals surface area contributed by atoms with E-state index < -0.39 is 11.9 Å². The maximum absolute atomic E-state index is 11.0. The molecule has 0 aromatic heterocycles. The van der Waals surface area contributed by atoms with Crippen LogP contribution in [-0.2, 0) is 19.1 Å². The molecule has 0 N–H and O–H groups in total. The van der Waals surface area contributed by atoms with Crippen molar-refractivity contribution in [3.8, 4) is 33.8 Å². The second-order valence-electron chi connectivity index (χ2n) is 7.86. The number of carbonyl (C=O) groups is 2. The zero-order valence-corrected chi connectivity index (χ0v) is 21.1. The van der Waals surface area contributed by atoms with Crippen molar-refractivity contribution in [1.82, 2.24) is 0 Å². The van der Waals surface area contributed by atoms with Gasteiger partial charge in [0.15, 0.2) is 0 Å². The largest absolute Gasteiger partial charge is 0.490 e. The van der Waals surface area contributed by atoms with Crippen molar-refractivity contribution in [2.45, 2.75) is 0 Å². The fraction of sp³-hybridized carbons (Fsp3) is 0.125. The molecule has 0 aliphatic rings. The van der Waals surface area contributed by atoms with Crippen molar-refractivity contribution in [1.29, 1.82) is 0 Å². The molecule has 38 heavy (non-hydrogen) atoms. The third-order valence-electron chi connectivity index (χ3n) is 5.26. The summed E-state index contributed by atoms with van der Waals surface area (Å²) >= 11 is 0. The van der Waals surface area contributed by atoms with Gasteiger partial charge in [-0.15, -0.1) is 0 Å². The van der Waals surface area contributed by atoms with Crippen molar-refractivity contribution in [3.63, 3.8) is 0 Å². The minimum atomic E-state index is -0.449. The Morgan fingerprint density at radius 2 is 0.789 bits per heavy atom. The third kappa shape index (κ3) is 9.32. The van der Waals surface area contributed by atoms with Crippen LogP contribution >= 0.6 is 0 Å². The first-order chi connectivity index (χ1) is 18.6. The van der Waals surface area contributed by atoms with E-state index in [1.54, 1.807) is 24.3 Å². The minimum absolute atomic E-state index is 0.191. The van der Waals surface area contributed by atoms with E-state index in [0.29, 0.717) is 13.2 Å². The Morgan fingerprint density at radius 3 is 1.11 bits per heavy atom. The topological polar surface area (TPSA) is 71.1 Å². The molecule has 0 bridgehead atoms. The standard InChI is InChI=1S/C32H30O6/c1-3-31(33)37-23-7-5-21-35-29-17-13-27(14-18-29)25-9-11-26(12-10-25)28-15-19-30(20-16-28)36-22-6-8-24-38-32(34)4-2/h3-20H,1-2,21-24H2. The first-order valence-corrected chi connectivity index (χ1v) is 12.0. The molecule has 194 valence electrons. The lowest BCUT2D eigenvalue weighted by Crippen LogP contribution is -2.00. The van der Waals surface area contributed by atoms with Gasteiger partial charge in [0.25, 0.3) is 0 Å². The second-order valence-corrected chi connectivity index (χ2v) is 7.86. The highest BCUT2D eigenvalue weighted by molar-refractivity contribution is 5.81. The molecule has 0 radical (unpaired) electrons. The van der Waals surface area contributed by atoms with Crippen LogP contribution in [0.25, 0.3) is 22.3 Å². The summed E-state index contributed by atoms with van der Waals surface area (Å²) in [5.74, 6) is 0.615. The number of hydrogen-bond acceptors (Lipinski definition) is 6. The zero-order chi connectivity index (χ0) is 27.0. The van der Waals surface area contributed by atoms with E-state index >= 15 is 0 Å². The summed E-state index contributed by atoms with van der Waals surface area (Å²) in [5, 5.41) is 0. The Labute approximate surface area is 223 Å². The van der Waals surface area contributed by atoms with Crippen LogP contribution in [0.2, 0.25) is 0 Å². The smallest absolute Gasteiger partial charge is 0.330 e. The van der Waals surface area contributed by atoms with Gasteiger partial charge >= 0.3 is 11.9 Å². The van der Waals surface area contributed by atoms with Gasteiger partial charge in [0.2, 0.25) is 0 Å². The molecule has 0 atom stereocenters. The predicted octanol–water partition coefficient (Wildman–Crippen LogP) is 6.35. The molecule has 0 amide bonds. The Balaban J connectivity index is 1.46. The predicted molar refractivity (Wildman–Crippen MR) is 149 cm³/mol. The molecular weight excluding hydrogens is 480 g/mol. The van der Waals surface area contributed by atoms with E-state index in [-0.39, 0.29) is 13.2 Å². The van der Waals surface area contributed by atoms with Crippen molar-refractivity contribution < 1.29 is 28.5 Å². The van der Waals surface area contributed by atoms with E-state index in [1.807, 2.05) is 48.5 Å². The van der Waals surface area contributed by atoms with Crippen molar-refractivity contribution >= 4 is 11.9 Å². The van der Waals surface area contributed by atoms with Crippen LogP contribution in [0.4, 0.5) is 0 Å². The number of hydrogen-bond donors (Lipinski definition) is 0. The van der Waals surface area contributed by atoms with Crippen LogP contribution < -0.4 is 9.47 Å². The van der Waals surface area contributed by atoms with Crippen molar-refractivity contribution in [3.05, 3.63) is 122 Å². The molecule has 3 aromatic carbocycles. The van der Waals surface area contributed by atoms with Crippen molar-refractivity contribution in [2.24, 2.45) is 0 Å². The van der Waals surface area contributed by atoms with Gasteiger partial charge < -0.3 is 18.9 Å². The summed E-state index contributed by atoms with van der Waals surface area (Å²) in [6.45, 7) is 7.84. The van der Waals surface area contributed by atoms with E-state index in [4.69, 9.17) is 18.9 Å². The molecule has 0 aliphatic carbocycles. The fourth-order valence-electron chi connectivity index (χ4n) is 3.28. The molecule has 0 saturated heterocycles. The average molecular weight is 511 g/mol. The van der Waals surface area contributed by atoms with Gasteiger partial charge in [0.05, 0.1) is 0 Å². The molecule has 6 nitrogen and oxygen atoms in total. The molecule has 0 heterocycles. The van der Waals surface area contributed by atoms with E-state index in [1.165, 1.54) is 0 Å². The molecule has 6 heteroatoms. The summed E-state index contributed by atoms with van der Waals surface area (Å²) < 4.78 is 21.1. The average Bonchev–Trinajstić information content (AvgIpc) is 2.97. The maximum atomic E-state index is 11.0. The SMILES string of the molecule is C=CC(=O)OCC=CCOc1ccc(-c2ccc(-c3ccc(OCC=CCOC(=O)C=C)cc3)cc2)cc1. The lowest BCUT2D eigenvalue weighted by Gasteiger charge is -2.08. The molecular formula is C32H30O6. The van der Waals surface area contributed by atoms with Gasteiger partial charge in [-0.25, -0.2) is 9.59 Å². The normalized spacial score (nSPS) is 10.7. The second kappa shape index (κ2) is 15.3. The number of ether oxygens (including phenoxy) is 4. The highest BCUT2D eigenvalue weighted by atomic mass is 16.5. The number of esters is 2. The van der Waals surface area contributed by atoms with Crippen LogP contribution in [0.3, 0.4) is 0 Å². The van der Waals surface area contributed by atoms with Crippen LogP contribution in [0, 0.1) is 0 Å². The summed E-state index contributed by atoms with van der Waals surface area (Å²) in [6, 6.07) is 24.1. The Hall–Kier alpha value is -4.84. The first-order valence-electron chi connectivity index (χ1n) is 12.0. The number of rotatable bonds is 14. The van der Waals surface area contributed by atoms with Crippen molar-refractivity contribution in [2.75, 3.05) is 26.4 Å². The highest BCUT2D eigenvalue weighted by Gasteiger charge is 2.02. The molecule has 0 fully saturated rings. The monoisotopic (exact) mass is 510 g/mol. The Bertz CT molecular complexity index is 1150. The summed E-state index contributed by atoms with van der Waals surface area (Å²) in [5.41, 5.74) is 4.39. The van der Waals surface area contributed by atoms with Gasteiger partial charge in [-0.1, -0.05) is 61.7 Å². The first kappa shape index (κ1) is 27.7. The summed E-state index contributed by atoms with van der Waals surface area (Å²) in [6.07, 6.45) is 9.31. The molecule has 3 rings (SSSR count). The van der Waals surface area contributed by atoms with Gasteiger partial charge in [0.1, 0.15) is 37.9 Å². The van der Waals surface area contributed by atoms with Gasteiger partial charge in [-0.05, 0) is 70.8 Å². The van der Waals surface area contributed by atoms with Crippen LogP contribution in [0.5, 0.6) is 11.5 Å². The van der Waals surface area contributed by atoms with E-state index in [0.717, 1.165) is 45.9 Å². The molecule has 0 aliphatic heterocycles. The van der Waals surface area contributed by atoms with E-state index in [2.05, 4.69) is 37.4 Å². The van der Waals surface area contributed by atoms with Crippen LogP contribution in [0.1, 0.15) is 0 Å². The van der Waals surface area contributed by atoms with Crippen LogP contribution in [-0.4, -0.2) is 38.4 Å². The number of benzene rings is 3. The minimum Gasteiger partial charge on any atom is -0.490 e. The Morgan fingerprint density at radius 1 is 0.500 bits per heavy atom. The van der Waals surface area contributed by atoms with Gasteiger partial charge in [-0.2, -0.15) is 0 Å². The molecule has 3 aromatic rings. The third-order valence-corrected chi connectivity index (χ3v) is 5.26. The van der Waals surface area contributed by atoms with Gasteiger partial charge in [-0.3, -0.25) is 0 Å². The maximum Gasteiger partial charge on any atom is 0.330 e. The van der Waals surface area contributed by atoms with E-state index in [9.17, 15) is 9.59 Å². The lowest BCUT2D eigenvalue weighted by molar-refractivity contribution is -0.137. The summed E-state index contributed by atoms with van der Waals surface area (Å²) in [7, 11) is 0. The summed E-state index contributed by atoms with van der Waals surface area (Å²) in [4.78, 5) is 21.9. The van der Waals surface area contributed by atoms with Crippen LogP contribution in [0.15, 0.2) is 122 Å². The number of carbonyl (C=O) groups excluding carboxylic acids is 2. The lowest BCUT2D eigenvalue weighted by atomic mass is 10.0. The highest BCUT2D eigenvalue weighted by Crippen LogP contribution is 2.27. The van der Waals surface area contributed by atoms with Gasteiger partial charge in [0, 0.05) is 12.2 Å². The molecule has 0 saturated carbocycles. The molecule has 0 unspecified atom stereocenters. The molecule has 0 spiro atoms. The zero-order valence-electron chi connectivity index (χ0n) is 21.1. The fourth-order valence-corrected chi connectivity index (χ4v) is 3.28. The quantitative estimate of drug-likeness (QED) is 0.143. The Kier molecular flexibility index (Phi) is 11.2.